The second-order valence-corrected chi connectivity index (χ2v) is 7.44. The van der Waals surface area contributed by atoms with Gasteiger partial charge in [-0.2, -0.15) is 10.2 Å². The summed E-state index contributed by atoms with van der Waals surface area (Å²) in [4.78, 5) is 14.6. The molecule has 0 aromatic carbocycles. The highest BCUT2D eigenvalue weighted by atomic mass is 16.5. The highest BCUT2D eigenvalue weighted by Crippen LogP contribution is 2.23. The van der Waals surface area contributed by atoms with Crippen molar-refractivity contribution < 1.29 is 4.74 Å². The fourth-order valence-corrected chi connectivity index (χ4v) is 4.24. The summed E-state index contributed by atoms with van der Waals surface area (Å²) in [5.74, 6) is 0.507. The number of aromatic nitrogens is 4. The Labute approximate surface area is 146 Å². The van der Waals surface area contributed by atoms with Crippen molar-refractivity contribution in [3.05, 3.63) is 45.1 Å². The lowest BCUT2D eigenvalue weighted by Gasteiger charge is -2.39. The zero-order chi connectivity index (χ0) is 16.8. The second kappa shape index (κ2) is 6.07. The Balaban J connectivity index is 1.20. The van der Waals surface area contributed by atoms with Crippen LogP contribution in [0.15, 0.2) is 17.1 Å². The molecule has 0 atom stereocenters. The molecule has 4 heterocycles. The lowest BCUT2D eigenvalue weighted by molar-refractivity contribution is 0.0672. The molecule has 132 valence electrons. The minimum atomic E-state index is 0.0574. The summed E-state index contributed by atoms with van der Waals surface area (Å²) in [6.07, 6.45) is 5.13. The van der Waals surface area contributed by atoms with Gasteiger partial charge < -0.3 is 4.74 Å². The van der Waals surface area contributed by atoms with Crippen molar-refractivity contribution in [2.75, 3.05) is 19.7 Å². The van der Waals surface area contributed by atoms with E-state index in [0.29, 0.717) is 12.5 Å². The summed E-state index contributed by atoms with van der Waals surface area (Å²) < 4.78 is 9.29. The van der Waals surface area contributed by atoms with E-state index in [4.69, 9.17) is 4.74 Å². The first-order valence-corrected chi connectivity index (χ1v) is 9.20. The molecular formula is C18H23N5O2. The summed E-state index contributed by atoms with van der Waals surface area (Å²) in [6, 6.07) is 1.80. The summed E-state index contributed by atoms with van der Waals surface area (Å²) in [5, 5.41) is 9.04. The van der Waals surface area contributed by atoms with E-state index >= 15 is 0 Å². The Morgan fingerprint density at radius 2 is 2.20 bits per heavy atom. The number of hydrogen-bond acceptors (Lipinski definition) is 5. The summed E-state index contributed by atoms with van der Waals surface area (Å²) in [7, 11) is 0. The molecular weight excluding hydrogens is 318 g/mol. The van der Waals surface area contributed by atoms with Crippen LogP contribution in [0.3, 0.4) is 0 Å². The predicted octanol–water partition coefficient (Wildman–Crippen LogP) is 0.591. The number of likely N-dealkylation sites (tertiary alicyclic amines) is 1. The molecule has 2 aromatic rings. The van der Waals surface area contributed by atoms with E-state index in [1.807, 2.05) is 6.20 Å². The van der Waals surface area contributed by atoms with Gasteiger partial charge in [-0.15, -0.1) is 0 Å². The monoisotopic (exact) mass is 341 g/mol. The molecule has 7 heteroatoms. The third-order valence-corrected chi connectivity index (χ3v) is 5.60. The molecule has 0 amide bonds. The fraction of sp³-hybridized carbons (Fsp3) is 0.611. The van der Waals surface area contributed by atoms with E-state index in [-0.39, 0.29) is 5.56 Å². The van der Waals surface area contributed by atoms with Crippen LogP contribution in [-0.4, -0.2) is 44.2 Å². The fourth-order valence-electron chi connectivity index (χ4n) is 4.24. The molecule has 0 radical (unpaired) electrons. The molecule has 1 saturated heterocycles. The minimum absolute atomic E-state index is 0.0574. The van der Waals surface area contributed by atoms with Crippen LogP contribution in [0.1, 0.15) is 28.9 Å². The molecule has 0 spiro atoms. The lowest BCUT2D eigenvalue weighted by Crippen LogP contribution is -2.49. The average Bonchev–Trinajstić information content (AvgIpc) is 3.19. The average molecular weight is 341 g/mol. The van der Waals surface area contributed by atoms with Gasteiger partial charge in [-0.05, 0) is 24.8 Å². The van der Waals surface area contributed by atoms with Crippen LogP contribution in [0.2, 0.25) is 0 Å². The van der Waals surface area contributed by atoms with Gasteiger partial charge in [0.05, 0.1) is 43.9 Å². The maximum absolute atomic E-state index is 12.2. The number of ether oxygens (including phenoxy) is 1. The summed E-state index contributed by atoms with van der Waals surface area (Å²) in [6.45, 7) is 5.95. The van der Waals surface area contributed by atoms with Crippen LogP contribution in [0.4, 0.5) is 0 Å². The normalized spacial score (nSPS) is 20.3. The Hall–Kier alpha value is -1.99. The molecule has 0 saturated carbocycles. The van der Waals surface area contributed by atoms with Crippen LogP contribution in [-0.2, 0) is 43.8 Å². The maximum atomic E-state index is 12.2. The Morgan fingerprint density at radius 3 is 3.12 bits per heavy atom. The van der Waals surface area contributed by atoms with Crippen molar-refractivity contribution in [3.8, 4) is 0 Å². The van der Waals surface area contributed by atoms with Gasteiger partial charge >= 0.3 is 0 Å². The van der Waals surface area contributed by atoms with E-state index in [2.05, 4.69) is 19.8 Å². The first-order chi connectivity index (χ1) is 12.3. The van der Waals surface area contributed by atoms with E-state index in [1.165, 1.54) is 11.3 Å². The number of rotatable bonds is 4. The smallest absolute Gasteiger partial charge is 0.267 e. The topological polar surface area (TPSA) is 65.2 Å². The van der Waals surface area contributed by atoms with Gasteiger partial charge in [0.25, 0.3) is 5.56 Å². The van der Waals surface area contributed by atoms with Crippen LogP contribution >= 0.6 is 0 Å². The van der Waals surface area contributed by atoms with Crippen molar-refractivity contribution in [3.63, 3.8) is 0 Å². The molecule has 3 aliphatic rings. The first-order valence-electron chi connectivity index (χ1n) is 9.20. The summed E-state index contributed by atoms with van der Waals surface area (Å²) >= 11 is 0. The molecule has 0 unspecified atom stereocenters. The first kappa shape index (κ1) is 15.3. The largest absolute Gasteiger partial charge is 0.373 e. The van der Waals surface area contributed by atoms with Crippen LogP contribution < -0.4 is 5.56 Å². The molecule has 0 bridgehead atoms. The number of aryl methyl sites for hydroxylation is 2. The second-order valence-electron chi connectivity index (χ2n) is 7.44. The minimum Gasteiger partial charge on any atom is -0.373 e. The van der Waals surface area contributed by atoms with Crippen molar-refractivity contribution in [2.24, 2.45) is 5.92 Å². The van der Waals surface area contributed by atoms with Crippen LogP contribution in [0.5, 0.6) is 0 Å². The molecule has 25 heavy (non-hydrogen) atoms. The van der Waals surface area contributed by atoms with Crippen molar-refractivity contribution in [2.45, 2.75) is 45.5 Å². The van der Waals surface area contributed by atoms with Gasteiger partial charge in [0.15, 0.2) is 0 Å². The van der Waals surface area contributed by atoms with E-state index in [0.717, 1.165) is 69.9 Å². The highest BCUT2D eigenvalue weighted by molar-refractivity contribution is 5.22. The Kier molecular flexibility index (Phi) is 3.71. The standard InChI is InChI=1S/C18H23N5O2/c24-18-6-14-2-1-3-16(14)20-23(18)10-13-8-21(9-13)11-15-7-19-22-4-5-25-12-17(15)22/h6-7,13H,1-5,8-12H2. The quantitative estimate of drug-likeness (QED) is 0.814. The zero-order valence-corrected chi connectivity index (χ0v) is 14.4. The number of fused-ring (bicyclic) bond motifs is 2. The van der Waals surface area contributed by atoms with Gasteiger partial charge in [-0.25, -0.2) is 4.68 Å². The third-order valence-electron chi connectivity index (χ3n) is 5.60. The van der Waals surface area contributed by atoms with E-state index in [9.17, 15) is 4.79 Å². The number of hydrogen-bond donors (Lipinski definition) is 0. The van der Waals surface area contributed by atoms with Crippen molar-refractivity contribution >= 4 is 0 Å². The maximum Gasteiger partial charge on any atom is 0.267 e. The summed E-state index contributed by atoms with van der Waals surface area (Å²) in [5.41, 5.74) is 4.83. The van der Waals surface area contributed by atoms with Gasteiger partial charge in [-0.3, -0.25) is 14.4 Å². The van der Waals surface area contributed by atoms with Crippen LogP contribution in [0.25, 0.3) is 0 Å². The highest BCUT2D eigenvalue weighted by Gasteiger charge is 2.29. The van der Waals surface area contributed by atoms with Crippen molar-refractivity contribution in [1.29, 1.82) is 0 Å². The molecule has 2 aromatic heterocycles. The number of nitrogens with zero attached hydrogens (tertiary/aromatic N) is 5. The van der Waals surface area contributed by atoms with Gasteiger partial charge in [0.1, 0.15) is 0 Å². The molecule has 1 fully saturated rings. The van der Waals surface area contributed by atoms with E-state index in [1.54, 1.807) is 10.7 Å². The van der Waals surface area contributed by atoms with Gasteiger partial charge in [-0.1, -0.05) is 0 Å². The molecule has 2 aliphatic heterocycles. The van der Waals surface area contributed by atoms with Crippen molar-refractivity contribution in [1.82, 2.24) is 24.5 Å². The van der Waals surface area contributed by atoms with Gasteiger partial charge in [0.2, 0.25) is 0 Å². The lowest BCUT2D eigenvalue weighted by atomic mass is 9.99. The van der Waals surface area contributed by atoms with Gasteiger partial charge in [0, 0.05) is 37.2 Å². The predicted molar refractivity (Wildman–Crippen MR) is 91.2 cm³/mol. The molecule has 7 nitrogen and oxygen atoms in total. The molecule has 1 aliphatic carbocycles. The molecule has 5 rings (SSSR count). The molecule has 0 N–H and O–H groups in total. The SMILES string of the molecule is O=c1cc2c(nn1CC1CN(Cc3cnn4c3COCC4)C1)CCC2. The Bertz CT molecular complexity index is 850. The van der Waals surface area contributed by atoms with E-state index < -0.39 is 0 Å². The third kappa shape index (κ3) is 2.81. The Morgan fingerprint density at radius 1 is 1.28 bits per heavy atom. The zero-order valence-electron chi connectivity index (χ0n) is 14.4. The van der Waals surface area contributed by atoms with Crippen LogP contribution in [0, 0.1) is 5.92 Å².